The molecule has 4 aromatic rings. The third-order valence-electron chi connectivity index (χ3n) is 4.32. The van der Waals surface area contributed by atoms with Gasteiger partial charge in [0.15, 0.2) is 5.82 Å². The molecule has 0 radical (unpaired) electrons. The van der Waals surface area contributed by atoms with Crippen LogP contribution in [0.4, 0.5) is 13.2 Å². The standard InChI is InChI=1S/C20H16N6.C2HF3O2/c21-8-4-10-26-14-17(12-24-26)16-7-9-22-18(11-16)20-23-13-19(25-20)15-5-2-1-3-6-15;3-2(4,5)1(6)7/h1-3,5-7,9,11-14H,4,10H2,(H,23,25);(H,6,7). The fourth-order valence-corrected chi connectivity index (χ4v) is 2.75. The SMILES string of the molecule is N#CCCn1cc(-c2ccnc(-c3ncc(-c4ccccc4)[nH]3)c2)cn1.O=C(O)C(F)(F)F. The molecule has 0 atom stereocenters. The number of carboxylic acids is 1. The number of hydrogen-bond donors (Lipinski definition) is 2. The fourth-order valence-electron chi connectivity index (χ4n) is 2.75. The highest BCUT2D eigenvalue weighted by Crippen LogP contribution is 2.25. The Morgan fingerprint density at radius 3 is 2.48 bits per heavy atom. The number of H-pyrrole nitrogens is 1. The smallest absolute Gasteiger partial charge is 0.475 e. The van der Waals surface area contributed by atoms with Gasteiger partial charge in [0, 0.05) is 18.0 Å². The highest BCUT2D eigenvalue weighted by molar-refractivity contribution is 5.73. The highest BCUT2D eigenvalue weighted by Gasteiger charge is 2.38. The number of nitrogens with zero attached hydrogens (tertiary/aromatic N) is 5. The largest absolute Gasteiger partial charge is 0.490 e. The molecule has 3 aromatic heterocycles. The van der Waals surface area contributed by atoms with Gasteiger partial charge < -0.3 is 10.1 Å². The van der Waals surface area contributed by atoms with Gasteiger partial charge in [-0.05, 0) is 23.3 Å². The minimum atomic E-state index is -5.08. The minimum absolute atomic E-state index is 0.442. The Balaban J connectivity index is 0.000000383. The van der Waals surface area contributed by atoms with Crippen molar-refractivity contribution < 1.29 is 23.1 Å². The number of rotatable bonds is 5. The molecule has 0 amide bonds. The molecule has 0 saturated heterocycles. The van der Waals surface area contributed by atoms with Gasteiger partial charge in [-0.2, -0.15) is 23.5 Å². The lowest BCUT2D eigenvalue weighted by Gasteiger charge is -2.01. The van der Waals surface area contributed by atoms with Gasteiger partial charge in [0.05, 0.1) is 37.1 Å². The maximum Gasteiger partial charge on any atom is 0.490 e. The van der Waals surface area contributed by atoms with E-state index < -0.39 is 12.1 Å². The first-order valence-electron chi connectivity index (χ1n) is 9.54. The minimum Gasteiger partial charge on any atom is -0.475 e. The van der Waals surface area contributed by atoms with Crippen molar-refractivity contribution in [1.29, 1.82) is 5.26 Å². The van der Waals surface area contributed by atoms with Crippen LogP contribution in [0.2, 0.25) is 0 Å². The van der Waals surface area contributed by atoms with Crippen molar-refractivity contribution in [3.63, 3.8) is 0 Å². The van der Waals surface area contributed by atoms with Crippen molar-refractivity contribution >= 4 is 5.97 Å². The summed E-state index contributed by atoms with van der Waals surface area (Å²) in [6.07, 6.45) is 2.68. The van der Waals surface area contributed by atoms with Crippen molar-refractivity contribution in [3.8, 4) is 40.0 Å². The summed E-state index contributed by atoms with van der Waals surface area (Å²) >= 11 is 0. The second kappa shape index (κ2) is 10.2. The van der Waals surface area contributed by atoms with Gasteiger partial charge in [0.2, 0.25) is 0 Å². The van der Waals surface area contributed by atoms with Crippen LogP contribution in [0.5, 0.6) is 0 Å². The van der Waals surface area contributed by atoms with Gasteiger partial charge in [-0.3, -0.25) is 9.67 Å². The molecule has 33 heavy (non-hydrogen) atoms. The summed E-state index contributed by atoms with van der Waals surface area (Å²) in [4.78, 5) is 21.1. The number of aromatic nitrogens is 5. The number of alkyl halides is 3. The summed E-state index contributed by atoms with van der Waals surface area (Å²) < 4.78 is 33.5. The summed E-state index contributed by atoms with van der Waals surface area (Å²) in [5, 5.41) is 20.1. The summed E-state index contributed by atoms with van der Waals surface area (Å²) in [7, 11) is 0. The molecule has 11 heteroatoms. The molecule has 8 nitrogen and oxygen atoms in total. The lowest BCUT2D eigenvalue weighted by Crippen LogP contribution is -2.21. The number of carboxylic acid groups (broad SMARTS) is 1. The van der Waals surface area contributed by atoms with E-state index >= 15 is 0 Å². The molecule has 3 heterocycles. The molecule has 1 aromatic carbocycles. The lowest BCUT2D eigenvalue weighted by molar-refractivity contribution is -0.192. The molecule has 4 rings (SSSR count). The number of imidazole rings is 1. The molecule has 0 spiro atoms. The predicted molar refractivity (Wildman–Crippen MR) is 112 cm³/mol. The van der Waals surface area contributed by atoms with Crippen LogP contribution in [0.3, 0.4) is 0 Å². The van der Waals surface area contributed by atoms with Crippen LogP contribution in [0.1, 0.15) is 6.42 Å². The van der Waals surface area contributed by atoms with Gasteiger partial charge in [0.25, 0.3) is 0 Å². The topological polar surface area (TPSA) is 120 Å². The maximum absolute atomic E-state index is 10.6. The van der Waals surface area contributed by atoms with Gasteiger partial charge >= 0.3 is 12.1 Å². The number of halogens is 3. The lowest BCUT2D eigenvalue weighted by atomic mass is 10.1. The van der Waals surface area contributed by atoms with Crippen molar-refractivity contribution in [1.82, 2.24) is 24.7 Å². The normalized spacial score (nSPS) is 10.7. The number of carbonyl (C=O) groups is 1. The van der Waals surface area contributed by atoms with E-state index in [1.165, 1.54) is 0 Å². The molecule has 0 aliphatic carbocycles. The fraction of sp³-hybridized carbons (Fsp3) is 0.136. The zero-order chi connectivity index (χ0) is 23.8. The number of benzene rings is 1. The summed E-state index contributed by atoms with van der Waals surface area (Å²) in [6, 6.07) is 16.1. The maximum atomic E-state index is 10.6. The molecule has 0 aliphatic rings. The second-order valence-corrected chi connectivity index (χ2v) is 6.64. The number of pyridine rings is 1. The van der Waals surface area contributed by atoms with Crippen LogP contribution in [0.25, 0.3) is 33.9 Å². The second-order valence-electron chi connectivity index (χ2n) is 6.64. The van der Waals surface area contributed by atoms with Crippen molar-refractivity contribution in [2.75, 3.05) is 0 Å². The molecular weight excluding hydrogens is 437 g/mol. The first kappa shape index (κ1) is 23.2. The van der Waals surface area contributed by atoms with E-state index in [2.05, 4.69) is 26.1 Å². The number of aliphatic carboxylic acids is 1. The average molecular weight is 454 g/mol. The van der Waals surface area contributed by atoms with Crippen molar-refractivity contribution in [2.24, 2.45) is 0 Å². The van der Waals surface area contributed by atoms with Crippen LogP contribution in [0.15, 0.2) is 67.3 Å². The number of nitriles is 1. The summed E-state index contributed by atoms with van der Waals surface area (Å²) in [5.41, 5.74) is 4.81. The van der Waals surface area contributed by atoms with Crippen molar-refractivity contribution in [3.05, 3.63) is 67.3 Å². The zero-order valence-corrected chi connectivity index (χ0v) is 17.0. The Labute approximate surface area is 186 Å². The first-order chi connectivity index (χ1) is 15.8. The molecule has 0 fully saturated rings. The molecule has 0 unspecified atom stereocenters. The number of aryl methyl sites for hydroxylation is 1. The number of hydrogen-bond acceptors (Lipinski definition) is 5. The van der Waals surface area contributed by atoms with E-state index in [0.29, 0.717) is 13.0 Å². The quantitative estimate of drug-likeness (QED) is 0.456. The Hall–Kier alpha value is -4.46. The predicted octanol–water partition coefficient (Wildman–Crippen LogP) is 4.55. The molecule has 0 aliphatic heterocycles. The molecule has 0 bridgehead atoms. The van der Waals surface area contributed by atoms with Crippen LogP contribution < -0.4 is 0 Å². The molecule has 2 N–H and O–H groups in total. The summed E-state index contributed by atoms with van der Waals surface area (Å²) in [6.45, 7) is 0.590. The van der Waals surface area contributed by atoms with Gasteiger partial charge in [-0.1, -0.05) is 30.3 Å². The van der Waals surface area contributed by atoms with Gasteiger partial charge in [-0.25, -0.2) is 9.78 Å². The molecular formula is C22H17F3N6O2. The third kappa shape index (κ3) is 6.27. The van der Waals surface area contributed by atoms with Gasteiger partial charge in [0.1, 0.15) is 5.69 Å². The van der Waals surface area contributed by atoms with Crippen LogP contribution in [-0.2, 0) is 11.3 Å². The Morgan fingerprint density at radius 1 is 1.09 bits per heavy atom. The molecule has 0 saturated carbocycles. The van der Waals surface area contributed by atoms with E-state index in [-0.39, 0.29) is 0 Å². The zero-order valence-electron chi connectivity index (χ0n) is 17.0. The Morgan fingerprint density at radius 2 is 1.82 bits per heavy atom. The van der Waals surface area contributed by atoms with Crippen LogP contribution in [0, 0.1) is 11.3 Å². The average Bonchev–Trinajstić information content (AvgIpc) is 3.48. The van der Waals surface area contributed by atoms with Crippen LogP contribution in [-0.4, -0.2) is 42.0 Å². The Bertz CT molecular complexity index is 1260. The first-order valence-corrected chi connectivity index (χ1v) is 9.54. The van der Waals surface area contributed by atoms with E-state index in [9.17, 15) is 13.2 Å². The Kier molecular flexibility index (Phi) is 7.20. The number of aromatic amines is 1. The monoisotopic (exact) mass is 454 g/mol. The summed E-state index contributed by atoms with van der Waals surface area (Å²) in [5.74, 6) is -2.03. The van der Waals surface area contributed by atoms with E-state index in [1.807, 2.05) is 54.9 Å². The van der Waals surface area contributed by atoms with Gasteiger partial charge in [-0.15, -0.1) is 0 Å². The van der Waals surface area contributed by atoms with E-state index in [0.717, 1.165) is 33.9 Å². The van der Waals surface area contributed by atoms with E-state index in [1.54, 1.807) is 17.1 Å². The number of nitrogens with one attached hydrogen (secondary N) is 1. The van der Waals surface area contributed by atoms with E-state index in [4.69, 9.17) is 15.2 Å². The van der Waals surface area contributed by atoms with Crippen molar-refractivity contribution in [2.45, 2.75) is 19.1 Å². The third-order valence-corrected chi connectivity index (χ3v) is 4.32. The highest BCUT2D eigenvalue weighted by atomic mass is 19.4. The van der Waals surface area contributed by atoms with Crippen LogP contribution >= 0.6 is 0 Å². The molecule has 168 valence electrons.